The lowest BCUT2D eigenvalue weighted by molar-refractivity contribution is -0.117. The normalized spacial score (nSPS) is 17.5. The summed E-state index contributed by atoms with van der Waals surface area (Å²) in [6.45, 7) is 2.56. The van der Waals surface area contributed by atoms with Gasteiger partial charge in [0.15, 0.2) is 0 Å². The summed E-state index contributed by atoms with van der Waals surface area (Å²) in [5, 5.41) is 2.92. The van der Waals surface area contributed by atoms with E-state index in [1.54, 1.807) is 12.1 Å². The van der Waals surface area contributed by atoms with Crippen molar-refractivity contribution in [2.24, 2.45) is 0 Å². The van der Waals surface area contributed by atoms with Gasteiger partial charge in [-0.25, -0.2) is 0 Å². The fourth-order valence-electron chi connectivity index (χ4n) is 2.44. The number of likely N-dealkylation sites (tertiary alicyclic amines) is 1. The van der Waals surface area contributed by atoms with E-state index in [0.717, 1.165) is 18.8 Å². The van der Waals surface area contributed by atoms with Crippen molar-refractivity contribution < 1.29 is 4.79 Å². The monoisotopic (exact) mass is 261 g/mol. The van der Waals surface area contributed by atoms with Gasteiger partial charge in [0.05, 0.1) is 6.54 Å². The molecule has 4 nitrogen and oxygen atoms in total. The molecule has 0 unspecified atom stereocenters. The molecule has 1 aromatic carbocycles. The third kappa shape index (κ3) is 4.91. The Bertz CT molecular complexity index is 394. The van der Waals surface area contributed by atoms with Crippen LogP contribution in [0.15, 0.2) is 24.3 Å². The average molecular weight is 261 g/mol. The molecule has 1 fully saturated rings. The van der Waals surface area contributed by atoms with E-state index in [4.69, 9.17) is 5.73 Å². The Labute approximate surface area is 115 Å². The van der Waals surface area contributed by atoms with Crippen LogP contribution in [-0.4, -0.2) is 30.4 Å². The quantitative estimate of drug-likeness (QED) is 0.822. The first-order valence-corrected chi connectivity index (χ1v) is 7.12. The molecule has 19 heavy (non-hydrogen) atoms. The highest BCUT2D eigenvalue weighted by molar-refractivity contribution is 5.92. The summed E-state index contributed by atoms with van der Waals surface area (Å²) in [4.78, 5) is 14.2. The number of hydrogen-bond donors (Lipinski definition) is 2. The van der Waals surface area contributed by atoms with Gasteiger partial charge in [0.25, 0.3) is 0 Å². The summed E-state index contributed by atoms with van der Waals surface area (Å²) in [7, 11) is 0. The van der Waals surface area contributed by atoms with Gasteiger partial charge in [-0.2, -0.15) is 0 Å². The Morgan fingerprint density at radius 3 is 2.26 bits per heavy atom. The van der Waals surface area contributed by atoms with Gasteiger partial charge in [0.2, 0.25) is 5.91 Å². The van der Waals surface area contributed by atoms with Gasteiger partial charge < -0.3 is 11.1 Å². The molecular weight excluding hydrogens is 238 g/mol. The Morgan fingerprint density at radius 1 is 1.05 bits per heavy atom. The van der Waals surface area contributed by atoms with Crippen molar-refractivity contribution in [3.8, 4) is 0 Å². The molecule has 0 spiro atoms. The third-order valence-electron chi connectivity index (χ3n) is 3.51. The van der Waals surface area contributed by atoms with E-state index >= 15 is 0 Å². The van der Waals surface area contributed by atoms with E-state index in [0.29, 0.717) is 12.2 Å². The molecule has 1 aliphatic rings. The van der Waals surface area contributed by atoms with E-state index in [2.05, 4.69) is 10.2 Å². The summed E-state index contributed by atoms with van der Waals surface area (Å²) in [5.41, 5.74) is 7.14. The van der Waals surface area contributed by atoms with Crippen LogP contribution >= 0.6 is 0 Å². The van der Waals surface area contributed by atoms with Gasteiger partial charge in [-0.3, -0.25) is 9.69 Å². The number of anilines is 2. The van der Waals surface area contributed by atoms with Crippen LogP contribution in [0.5, 0.6) is 0 Å². The van der Waals surface area contributed by atoms with Gasteiger partial charge in [-0.05, 0) is 50.2 Å². The van der Waals surface area contributed by atoms with Crippen molar-refractivity contribution in [1.82, 2.24) is 4.90 Å². The summed E-state index contributed by atoms with van der Waals surface area (Å²) >= 11 is 0. The van der Waals surface area contributed by atoms with Crippen LogP contribution in [0, 0.1) is 0 Å². The zero-order valence-electron chi connectivity index (χ0n) is 11.4. The zero-order chi connectivity index (χ0) is 13.5. The highest BCUT2D eigenvalue weighted by Gasteiger charge is 2.12. The van der Waals surface area contributed by atoms with E-state index in [-0.39, 0.29) is 5.91 Å². The number of hydrogen-bond acceptors (Lipinski definition) is 3. The molecule has 1 aliphatic heterocycles. The molecule has 1 saturated heterocycles. The molecule has 0 aliphatic carbocycles. The standard InChI is InChI=1S/C15H23N3O/c16-13-6-8-14(9-7-13)17-15(19)12-18-10-4-2-1-3-5-11-18/h6-9H,1-5,10-12,16H2,(H,17,19). The van der Waals surface area contributed by atoms with Gasteiger partial charge in [0.1, 0.15) is 0 Å². The Morgan fingerprint density at radius 2 is 1.63 bits per heavy atom. The molecule has 1 amide bonds. The molecule has 1 heterocycles. The van der Waals surface area contributed by atoms with E-state index in [9.17, 15) is 4.79 Å². The number of carbonyl (C=O) groups is 1. The van der Waals surface area contributed by atoms with Crippen LogP contribution in [-0.2, 0) is 4.79 Å². The smallest absolute Gasteiger partial charge is 0.238 e. The maximum absolute atomic E-state index is 12.0. The predicted molar refractivity (Wildman–Crippen MR) is 79.0 cm³/mol. The van der Waals surface area contributed by atoms with Crippen LogP contribution in [0.25, 0.3) is 0 Å². The third-order valence-corrected chi connectivity index (χ3v) is 3.51. The van der Waals surface area contributed by atoms with E-state index < -0.39 is 0 Å². The number of nitrogens with one attached hydrogen (secondary N) is 1. The molecule has 2 rings (SSSR count). The number of nitrogens with zero attached hydrogens (tertiary/aromatic N) is 1. The van der Waals surface area contributed by atoms with E-state index in [1.165, 1.54) is 32.1 Å². The molecule has 0 saturated carbocycles. The number of rotatable bonds is 3. The second-order valence-electron chi connectivity index (χ2n) is 5.21. The lowest BCUT2D eigenvalue weighted by atomic mass is 10.1. The molecule has 3 N–H and O–H groups in total. The first-order chi connectivity index (χ1) is 9.24. The number of amides is 1. The number of benzene rings is 1. The summed E-state index contributed by atoms with van der Waals surface area (Å²) in [6.07, 6.45) is 6.32. The van der Waals surface area contributed by atoms with Crippen LogP contribution in [0.4, 0.5) is 11.4 Å². The molecule has 0 atom stereocenters. The van der Waals surface area contributed by atoms with Crippen LogP contribution in [0.1, 0.15) is 32.1 Å². The van der Waals surface area contributed by atoms with Crippen LogP contribution in [0.3, 0.4) is 0 Å². The van der Waals surface area contributed by atoms with Crippen LogP contribution < -0.4 is 11.1 Å². The topological polar surface area (TPSA) is 58.4 Å². The van der Waals surface area contributed by atoms with Crippen molar-refractivity contribution in [2.75, 3.05) is 30.7 Å². The fraction of sp³-hybridized carbons (Fsp3) is 0.533. The first kappa shape index (κ1) is 13.9. The van der Waals surface area contributed by atoms with Gasteiger partial charge in [-0.1, -0.05) is 19.3 Å². The second kappa shape index (κ2) is 7.14. The van der Waals surface area contributed by atoms with Crippen molar-refractivity contribution in [1.29, 1.82) is 0 Å². The number of carbonyl (C=O) groups excluding carboxylic acids is 1. The molecular formula is C15H23N3O. The van der Waals surface area contributed by atoms with Gasteiger partial charge >= 0.3 is 0 Å². The minimum absolute atomic E-state index is 0.0605. The summed E-state index contributed by atoms with van der Waals surface area (Å²) < 4.78 is 0. The number of nitrogens with two attached hydrogens (primary N) is 1. The van der Waals surface area contributed by atoms with E-state index in [1.807, 2.05) is 12.1 Å². The number of nitrogen functional groups attached to an aromatic ring is 1. The molecule has 0 radical (unpaired) electrons. The Balaban J connectivity index is 1.80. The zero-order valence-corrected chi connectivity index (χ0v) is 11.4. The maximum Gasteiger partial charge on any atom is 0.238 e. The average Bonchev–Trinajstić information content (AvgIpc) is 2.35. The largest absolute Gasteiger partial charge is 0.399 e. The van der Waals surface area contributed by atoms with Crippen molar-refractivity contribution >= 4 is 17.3 Å². The van der Waals surface area contributed by atoms with Gasteiger partial charge in [0, 0.05) is 11.4 Å². The summed E-state index contributed by atoms with van der Waals surface area (Å²) in [6, 6.07) is 7.26. The van der Waals surface area contributed by atoms with Crippen LogP contribution in [0.2, 0.25) is 0 Å². The minimum atomic E-state index is 0.0605. The summed E-state index contributed by atoms with van der Waals surface area (Å²) in [5.74, 6) is 0.0605. The lowest BCUT2D eigenvalue weighted by Crippen LogP contribution is -2.35. The highest BCUT2D eigenvalue weighted by atomic mass is 16.2. The first-order valence-electron chi connectivity index (χ1n) is 7.12. The highest BCUT2D eigenvalue weighted by Crippen LogP contribution is 2.12. The van der Waals surface area contributed by atoms with Gasteiger partial charge in [-0.15, -0.1) is 0 Å². The molecule has 1 aromatic rings. The minimum Gasteiger partial charge on any atom is -0.399 e. The molecule has 0 bridgehead atoms. The predicted octanol–water partition coefficient (Wildman–Crippen LogP) is 2.47. The lowest BCUT2D eigenvalue weighted by Gasteiger charge is -2.23. The fourth-order valence-corrected chi connectivity index (χ4v) is 2.44. The Hall–Kier alpha value is -1.55. The molecule has 0 aromatic heterocycles. The SMILES string of the molecule is Nc1ccc(NC(=O)CN2CCCCCCC2)cc1. The molecule has 104 valence electrons. The van der Waals surface area contributed by atoms with Crippen molar-refractivity contribution in [2.45, 2.75) is 32.1 Å². The maximum atomic E-state index is 12.0. The second-order valence-corrected chi connectivity index (χ2v) is 5.21. The van der Waals surface area contributed by atoms with Crippen molar-refractivity contribution in [3.63, 3.8) is 0 Å². The molecule has 4 heteroatoms. The van der Waals surface area contributed by atoms with Crippen molar-refractivity contribution in [3.05, 3.63) is 24.3 Å². The Kier molecular flexibility index (Phi) is 5.21.